The lowest BCUT2D eigenvalue weighted by Gasteiger charge is -2.18. The first-order valence-electron chi connectivity index (χ1n) is 9.63. The molecule has 3 aliphatic rings. The number of nitrogens with zero attached hydrogens (tertiary/aromatic N) is 2. The van der Waals surface area contributed by atoms with Gasteiger partial charge in [-0.2, -0.15) is 0 Å². The molecule has 0 spiro atoms. The zero-order valence-electron chi connectivity index (χ0n) is 16.6. The summed E-state index contributed by atoms with van der Waals surface area (Å²) < 4.78 is 26.1. The van der Waals surface area contributed by atoms with E-state index in [0.717, 1.165) is 38.4 Å². The van der Waals surface area contributed by atoms with E-state index in [1.165, 1.54) is 22.4 Å². The Labute approximate surface area is 164 Å². The minimum atomic E-state index is -2.17. The largest absolute Gasteiger partial charge is 0.443 e. The molecule has 1 aromatic carbocycles. The second kappa shape index (κ2) is 8.87. The summed E-state index contributed by atoms with van der Waals surface area (Å²) in [6.45, 7) is 3.10. The van der Waals surface area contributed by atoms with Gasteiger partial charge < -0.3 is 15.5 Å². The first-order chi connectivity index (χ1) is 13.4. The summed E-state index contributed by atoms with van der Waals surface area (Å²) in [6, 6.07) is 6.35. The smallest absolute Gasteiger partial charge is 0.414 e. The van der Waals surface area contributed by atoms with Crippen molar-refractivity contribution in [3.63, 3.8) is 0 Å². The molecular weight excluding hydrogens is 366 g/mol. The molecule has 8 heteroatoms. The fourth-order valence-corrected chi connectivity index (χ4v) is 3.89. The lowest BCUT2D eigenvalue weighted by atomic mass is 10.0. The predicted molar refractivity (Wildman–Crippen MR) is 105 cm³/mol. The number of amides is 1. The van der Waals surface area contributed by atoms with Gasteiger partial charge in [-0.15, -0.1) is 0 Å². The Balaban J connectivity index is 0.000000516. The first kappa shape index (κ1) is 20.5. The van der Waals surface area contributed by atoms with Crippen molar-refractivity contribution in [1.29, 1.82) is 0 Å². The summed E-state index contributed by atoms with van der Waals surface area (Å²) in [4.78, 5) is 13.9. The SMILES string of the molecule is CC(F)F.CNCC1CN(c2ccc3c(c2)CCCC2=C3NN(C)C2)C(=O)O1. The molecule has 1 saturated heterocycles. The molecule has 2 N–H and O–H groups in total. The zero-order chi connectivity index (χ0) is 20.3. The maximum atomic E-state index is 12.2. The number of likely N-dealkylation sites (N-methyl/N-ethyl adjacent to an activating group) is 2. The normalized spacial score (nSPS) is 21.6. The molecule has 4 rings (SSSR count). The van der Waals surface area contributed by atoms with Crippen LogP contribution >= 0.6 is 0 Å². The topological polar surface area (TPSA) is 56.8 Å². The fraction of sp³-hybridized carbons (Fsp3) is 0.550. The molecule has 28 heavy (non-hydrogen) atoms. The highest BCUT2D eigenvalue weighted by Gasteiger charge is 2.32. The number of carbonyl (C=O) groups excluding carboxylic acids is 1. The Kier molecular flexibility index (Phi) is 6.51. The van der Waals surface area contributed by atoms with Gasteiger partial charge in [-0.25, -0.2) is 18.6 Å². The van der Waals surface area contributed by atoms with Crippen LogP contribution in [0.4, 0.5) is 19.3 Å². The van der Waals surface area contributed by atoms with Gasteiger partial charge in [0.05, 0.1) is 12.2 Å². The van der Waals surface area contributed by atoms with E-state index in [0.29, 0.717) is 13.1 Å². The Bertz CT molecular complexity index is 751. The number of fused-ring (bicyclic) bond motifs is 2. The van der Waals surface area contributed by atoms with E-state index in [1.807, 2.05) is 13.1 Å². The van der Waals surface area contributed by atoms with Crippen LogP contribution in [-0.2, 0) is 11.2 Å². The lowest BCUT2D eigenvalue weighted by molar-refractivity contribution is 0.141. The number of halogens is 2. The van der Waals surface area contributed by atoms with Crippen LogP contribution in [0.1, 0.15) is 30.9 Å². The van der Waals surface area contributed by atoms with Crippen molar-refractivity contribution in [2.45, 2.75) is 38.7 Å². The van der Waals surface area contributed by atoms with Gasteiger partial charge in [-0.05, 0) is 56.5 Å². The molecule has 2 aliphatic heterocycles. The highest BCUT2D eigenvalue weighted by atomic mass is 19.3. The van der Waals surface area contributed by atoms with Gasteiger partial charge in [0.2, 0.25) is 6.43 Å². The average molecular weight is 394 g/mol. The van der Waals surface area contributed by atoms with E-state index in [2.05, 4.69) is 34.9 Å². The van der Waals surface area contributed by atoms with Gasteiger partial charge in [0.15, 0.2) is 0 Å². The minimum absolute atomic E-state index is 0.0826. The summed E-state index contributed by atoms with van der Waals surface area (Å²) in [5, 5.41) is 5.20. The van der Waals surface area contributed by atoms with Crippen molar-refractivity contribution < 1.29 is 18.3 Å². The van der Waals surface area contributed by atoms with Gasteiger partial charge in [-0.1, -0.05) is 6.07 Å². The number of ether oxygens (including phenoxy) is 1. The second-order valence-electron chi connectivity index (χ2n) is 7.33. The van der Waals surface area contributed by atoms with Crippen LogP contribution in [0, 0.1) is 0 Å². The van der Waals surface area contributed by atoms with Crippen LogP contribution in [0.3, 0.4) is 0 Å². The first-order valence-corrected chi connectivity index (χ1v) is 9.63. The van der Waals surface area contributed by atoms with Crippen molar-refractivity contribution in [3.05, 3.63) is 34.9 Å². The molecule has 1 aliphatic carbocycles. The predicted octanol–water partition coefficient (Wildman–Crippen LogP) is 3.00. The van der Waals surface area contributed by atoms with Crippen molar-refractivity contribution >= 4 is 17.5 Å². The van der Waals surface area contributed by atoms with Gasteiger partial charge >= 0.3 is 6.09 Å². The van der Waals surface area contributed by atoms with Gasteiger partial charge in [0, 0.05) is 31.4 Å². The van der Waals surface area contributed by atoms with Crippen LogP contribution in [0.2, 0.25) is 0 Å². The molecule has 0 bridgehead atoms. The number of benzene rings is 1. The molecule has 154 valence electrons. The number of alkyl halides is 2. The Morgan fingerprint density at radius 1 is 1.36 bits per heavy atom. The van der Waals surface area contributed by atoms with E-state index in [-0.39, 0.29) is 12.2 Å². The van der Waals surface area contributed by atoms with Gasteiger partial charge in [0.25, 0.3) is 0 Å². The lowest BCUT2D eigenvalue weighted by Crippen LogP contribution is -2.29. The number of cyclic esters (lactones) is 1. The van der Waals surface area contributed by atoms with Crippen LogP contribution < -0.4 is 15.6 Å². The number of hydrogen-bond donors (Lipinski definition) is 2. The highest BCUT2D eigenvalue weighted by molar-refractivity contribution is 5.90. The number of aryl methyl sites for hydroxylation is 1. The highest BCUT2D eigenvalue weighted by Crippen LogP contribution is 2.34. The van der Waals surface area contributed by atoms with Gasteiger partial charge in [-0.3, -0.25) is 4.90 Å². The van der Waals surface area contributed by atoms with E-state index in [9.17, 15) is 13.6 Å². The maximum absolute atomic E-state index is 12.2. The molecule has 0 aromatic heterocycles. The average Bonchev–Trinajstić information content (AvgIpc) is 3.12. The quantitative estimate of drug-likeness (QED) is 0.826. The number of carbonyl (C=O) groups is 1. The minimum Gasteiger partial charge on any atom is -0.443 e. The zero-order valence-corrected chi connectivity index (χ0v) is 16.6. The number of hydrazine groups is 1. The monoisotopic (exact) mass is 394 g/mol. The Hall–Kier alpha value is -2.19. The molecule has 0 radical (unpaired) electrons. The van der Waals surface area contributed by atoms with E-state index in [1.54, 1.807) is 4.90 Å². The number of nitrogens with one attached hydrogen (secondary N) is 2. The standard InChI is InChI=1S/C18H24N4O2.C2H4F2/c1-19-9-15-11-22(18(23)24-15)14-6-7-16-12(8-14)4-3-5-13-10-21(2)20-17(13)16;1-2(3)4/h6-8,15,19-20H,3-5,9-11H2,1-2H3;2H,1H3. The van der Waals surface area contributed by atoms with Crippen molar-refractivity contribution in [2.75, 3.05) is 38.6 Å². The molecule has 1 aromatic rings. The van der Waals surface area contributed by atoms with Crippen molar-refractivity contribution in [1.82, 2.24) is 15.8 Å². The second-order valence-corrected chi connectivity index (χ2v) is 7.33. The van der Waals surface area contributed by atoms with E-state index in [4.69, 9.17) is 4.74 Å². The Morgan fingerprint density at radius 3 is 2.82 bits per heavy atom. The molecule has 1 amide bonds. The summed E-state index contributed by atoms with van der Waals surface area (Å²) >= 11 is 0. The summed E-state index contributed by atoms with van der Waals surface area (Å²) in [5.41, 5.74) is 9.74. The molecule has 6 nitrogen and oxygen atoms in total. The third-order valence-electron chi connectivity index (χ3n) is 4.98. The summed E-state index contributed by atoms with van der Waals surface area (Å²) in [6.07, 6.45) is 0.831. The van der Waals surface area contributed by atoms with E-state index < -0.39 is 6.43 Å². The van der Waals surface area contributed by atoms with Crippen molar-refractivity contribution in [3.8, 4) is 0 Å². The van der Waals surface area contributed by atoms with Crippen LogP contribution in [0.15, 0.2) is 23.8 Å². The van der Waals surface area contributed by atoms with Crippen LogP contribution in [0.5, 0.6) is 0 Å². The number of anilines is 1. The van der Waals surface area contributed by atoms with E-state index >= 15 is 0 Å². The molecule has 1 fully saturated rings. The van der Waals surface area contributed by atoms with Crippen LogP contribution in [0.25, 0.3) is 5.70 Å². The van der Waals surface area contributed by atoms with Gasteiger partial charge in [0.1, 0.15) is 6.10 Å². The third kappa shape index (κ3) is 4.62. The Morgan fingerprint density at radius 2 is 2.11 bits per heavy atom. The van der Waals surface area contributed by atoms with Crippen molar-refractivity contribution in [2.24, 2.45) is 0 Å². The third-order valence-corrected chi connectivity index (χ3v) is 4.98. The molecule has 1 unspecified atom stereocenters. The molecule has 1 atom stereocenters. The molecule has 0 saturated carbocycles. The molecular formula is C20H28F2N4O2. The molecule has 2 heterocycles. The number of hydrogen-bond acceptors (Lipinski definition) is 5. The summed E-state index contributed by atoms with van der Waals surface area (Å²) in [5.74, 6) is 0. The summed E-state index contributed by atoms with van der Waals surface area (Å²) in [7, 11) is 3.95. The maximum Gasteiger partial charge on any atom is 0.414 e. The van der Waals surface area contributed by atoms with Crippen LogP contribution in [-0.4, -0.2) is 57.4 Å². The number of rotatable bonds is 3. The fourth-order valence-electron chi connectivity index (χ4n) is 3.89.